The normalized spacial score (nSPS) is 20.0. The molecule has 0 radical (unpaired) electrons. The number of nitrogens with one attached hydrogen (secondary N) is 1. The molecule has 1 heterocycles. The van der Waals surface area contributed by atoms with Crippen LogP contribution in [-0.2, 0) is 4.79 Å². The molecule has 2 atom stereocenters. The average Bonchev–Trinajstić information content (AvgIpc) is 2.55. The molecule has 1 N–H and O–H groups in total. The Kier molecular flexibility index (Phi) is 6.24. The topological polar surface area (TPSA) is 32.3 Å². The number of rotatable bonds is 6. The van der Waals surface area contributed by atoms with Crippen molar-refractivity contribution in [2.24, 2.45) is 5.92 Å². The van der Waals surface area contributed by atoms with E-state index >= 15 is 0 Å². The highest BCUT2D eigenvalue weighted by Crippen LogP contribution is 2.23. The van der Waals surface area contributed by atoms with Crippen molar-refractivity contribution in [1.82, 2.24) is 10.2 Å². The van der Waals surface area contributed by atoms with Crippen molar-refractivity contribution < 1.29 is 4.79 Å². The fourth-order valence-corrected chi connectivity index (χ4v) is 3.23. The molecule has 1 aromatic carbocycles. The predicted molar refractivity (Wildman–Crippen MR) is 87.3 cm³/mol. The third-order valence-electron chi connectivity index (χ3n) is 4.48. The van der Waals surface area contributed by atoms with Crippen molar-refractivity contribution in [3.05, 3.63) is 35.9 Å². The summed E-state index contributed by atoms with van der Waals surface area (Å²) in [6.07, 6.45) is 3.33. The minimum atomic E-state index is 0.00250. The third-order valence-corrected chi connectivity index (χ3v) is 4.48. The highest BCUT2D eigenvalue weighted by Gasteiger charge is 2.26. The van der Waals surface area contributed by atoms with E-state index in [1.54, 1.807) is 0 Å². The van der Waals surface area contributed by atoms with Gasteiger partial charge in [-0.15, -0.1) is 0 Å². The highest BCUT2D eigenvalue weighted by molar-refractivity contribution is 5.83. The molecule has 1 aliphatic rings. The molecule has 3 heteroatoms. The first-order valence-electron chi connectivity index (χ1n) is 8.30. The van der Waals surface area contributed by atoms with E-state index in [2.05, 4.69) is 36.2 Å². The summed E-state index contributed by atoms with van der Waals surface area (Å²) in [6.45, 7) is 8.06. The van der Waals surface area contributed by atoms with E-state index in [1.807, 2.05) is 18.2 Å². The number of hydrogen-bond acceptors (Lipinski definition) is 2. The number of likely N-dealkylation sites (N-methyl/N-ethyl adjacent to an activating group) is 1. The first kappa shape index (κ1) is 16.0. The number of piperidine rings is 1. The summed E-state index contributed by atoms with van der Waals surface area (Å²) in [6, 6.07) is 10.2. The Morgan fingerprint density at radius 1 is 1.33 bits per heavy atom. The quantitative estimate of drug-likeness (QED) is 0.872. The second kappa shape index (κ2) is 8.18. The minimum Gasteiger partial charge on any atom is -0.342 e. The van der Waals surface area contributed by atoms with Gasteiger partial charge in [0.2, 0.25) is 5.91 Å². The lowest BCUT2D eigenvalue weighted by Crippen LogP contribution is -2.42. The molecular weight excluding hydrogens is 260 g/mol. The summed E-state index contributed by atoms with van der Waals surface area (Å²) < 4.78 is 0. The molecule has 116 valence electrons. The Morgan fingerprint density at radius 3 is 2.67 bits per heavy atom. The van der Waals surface area contributed by atoms with Gasteiger partial charge >= 0.3 is 0 Å². The number of benzene rings is 1. The van der Waals surface area contributed by atoms with Crippen LogP contribution in [0, 0.1) is 5.92 Å². The van der Waals surface area contributed by atoms with Gasteiger partial charge in [0, 0.05) is 13.1 Å². The molecule has 1 saturated heterocycles. The Balaban J connectivity index is 2.03. The van der Waals surface area contributed by atoms with Crippen LogP contribution >= 0.6 is 0 Å². The molecule has 0 saturated carbocycles. The van der Waals surface area contributed by atoms with Gasteiger partial charge in [-0.1, -0.05) is 37.3 Å². The molecular formula is C18H28N2O. The SMILES string of the molecule is CCC(C(=O)N(CC)CC1CCCNC1)c1ccccc1. The van der Waals surface area contributed by atoms with Crippen molar-refractivity contribution in [3.8, 4) is 0 Å². The van der Waals surface area contributed by atoms with Gasteiger partial charge in [0.15, 0.2) is 0 Å². The zero-order chi connectivity index (χ0) is 15.1. The Labute approximate surface area is 128 Å². The fraction of sp³-hybridized carbons (Fsp3) is 0.611. The smallest absolute Gasteiger partial charge is 0.230 e. The van der Waals surface area contributed by atoms with Crippen molar-refractivity contribution in [3.63, 3.8) is 0 Å². The molecule has 3 nitrogen and oxygen atoms in total. The van der Waals surface area contributed by atoms with Crippen molar-refractivity contribution in [1.29, 1.82) is 0 Å². The summed E-state index contributed by atoms with van der Waals surface area (Å²) in [5, 5.41) is 3.44. The molecule has 0 spiro atoms. The van der Waals surface area contributed by atoms with Crippen LogP contribution in [0.2, 0.25) is 0 Å². The monoisotopic (exact) mass is 288 g/mol. The maximum atomic E-state index is 12.9. The van der Waals surface area contributed by atoms with E-state index in [0.717, 1.165) is 38.2 Å². The van der Waals surface area contributed by atoms with Gasteiger partial charge in [0.1, 0.15) is 0 Å². The Bertz CT molecular complexity index is 426. The lowest BCUT2D eigenvalue weighted by molar-refractivity contribution is -0.133. The molecule has 1 amide bonds. The van der Waals surface area contributed by atoms with Crippen LogP contribution in [-0.4, -0.2) is 37.0 Å². The van der Waals surface area contributed by atoms with E-state index in [9.17, 15) is 4.79 Å². The van der Waals surface area contributed by atoms with E-state index in [4.69, 9.17) is 0 Å². The van der Waals surface area contributed by atoms with Crippen LogP contribution in [0.5, 0.6) is 0 Å². The summed E-state index contributed by atoms with van der Waals surface area (Å²) >= 11 is 0. The summed E-state index contributed by atoms with van der Waals surface area (Å²) in [5.74, 6) is 0.899. The summed E-state index contributed by atoms with van der Waals surface area (Å²) in [5.41, 5.74) is 1.14. The summed E-state index contributed by atoms with van der Waals surface area (Å²) in [7, 11) is 0. The minimum absolute atomic E-state index is 0.00250. The summed E-state index contributed by atoms with van der Waals surface area (Å²) in [4.78, 5) is 14.9. The molecule has 1 aromatic rings. The van der Waals surface area contributed by atoms with Crippen LogP contribution in [0.15, 0.2) is 30.3 Å². The molecule has 2 unspecified atom stereocenters. The van der Waals surface area contributed by atoms with Gasteiger partial charge in [0.25, 0.3) is 0 Å². The van der Waals surface area contributed by atoms with E-state index in [1.165, 1.54) is 12.8 Å². The van der Waals surface area contributed by atoms with Gasteiger partial charge in [-0.2, -0.15) is 0 Å². The van der Waals surface area contributed by atoms with Gasteiger partial charge in [-0.3, -0.25) is 4.79 Å². The second-order valence-corrected chi connectivity index (χ2v) is 5.96. The van der Waals surface area contributed by atoms with Crippen molar-refractivity contribution in [2.75, 3.05) is 26.2 Å². The van der Waals surface area contributed by atoms with Crippen LogP contribution in [0.3, 0.4) is 0 Å². The maximum Gasteiger partial charge on any atom is 0.230 e. The van der Waals surface area contributed by atoms with Crippen molar-refractivity contribution >= 4 is 5.91 Å². The second-order valence-electron chi connectivity index (χ2n) is 5.96. The average molecular weight is 288 g/mol. The maximum absolute atomic E-state index is 12.9. The lowest BCUT2D eigenvalue weighted by Gasteiger charge is -2.31. The molecule has 1 fully saturated rings. The van der Waals surface area contributed by atoms with Crippen LogP contribution in [0.25, 0.3) is 0 Å². The van der Waals surface area contributed by atoms with Gasteiger partial charge in [-0.25, -0.2) is 0 Å². The first-order chi connectivity index (χ1) is 10.3. The van der Waals surface area contributed by atoms with Gasteiger partial charge < -0.3 is 10.2 Å². The first-order valence-corrected chi connectivity index (χ1v) is 8.30. The van der Waals surface area contributed by atoms with Crippen molar-refractivity contribution in [2.45, 2.75) is 39.0 Å². The zero-order valence-corrected chi connectivity index (χ0v) is 13.3. The fourth-order valence-electron chi connectivity index (χ4n) is 3.23. The number of carbonyl (C=O) groups excluding carboxylic acids is 1. The largest absolute Gasteiger partial charge is 0.342 e. The van der Waals surface area contributed by atoms with Gasteiger partial charge in [0.05, 0.1) is 5.92 Å². The Hall–Kier alpha value is -1.35. The molecule has 2 rings (SSSR count). The van der Waals surface area contributed by atoms with E-state index < -0.39 is 0 Å². The third kappa shape index (κ3) is 4.31. The Morgan fingerprint density at radius 2 is 2.10 bits per heavy atom. The highest BCUT2D eigenvalue weighted by atomic mass is 16.2. The number of amides is 1. The molecule has 0 aliphatic carbocycles. The molecule has 21 heavy (non-hydrogen) atoms. The number of hydrogen-bond donors (Lipinski definition) is 1. The molecule has 1 aliphatic heterocycles. The standard InChI is InChI=1S/C18H28N2O/c1-3-17(16-10-6-5-7-11-16)18(21)20(4-2)14-15-9-8-12-19-13-15/h5-7,10-11,15,17,19H,3-4,8-9,12-14H2,1-2H3. The lowest BCUT2D eigenvalue weighted by atomic mass is 9.93. The number of nitrogens with zero attached hydrogens (tertiary/aromatic N) is 1. The predicted octanol–water partition coefficient (Wildman–Crippen LogP) is 3.03. The van der Waals surface area contributed by atoms with E-state index in [0.29, 0.717) is 5.92 Å². The molecule has 0 aromatic heterocycles. The van der Waals surface area contributed by atoms with Crippen LogP contribution in [0.1, 0.15) is 44.6 Å². The number of carbonyl (C=O) groups is 1. The van der Waals surface area contributed by atoms with E-state index in [-0.39, 0.29) is 11.8 Å². The van der Waals surface area contributed by atoms with Crippen LogP contribution < -0.4 is 5.32 Å². The van der Waals surface area contributed by atoms with Gasteiger partial charge in [-0.05, 0) is 50.8 Å². The van der Waals surface area contributed by atoms with Crippen LogP contribution in [0.4, 0.5) is 0 Å². The molecule has 0 bridgehead atoms. The zero-order valence-electron chi connectivity index (χ0n) is 13.3.